The molecule has 0 aliphatic carbocycles. The highest BCUT2D eigenvalue weighted by Gasteiger charge is 2.30. The van der Waals surface area contributed by atoms with Crippen LogP contribution in [0.1, 0.15) is 32.6 Å². The lowest BCUT2D eigenvalue weighted by molar-refractivity contribution is -0.135. The first-order chi connectivity index (χ1) is 7.20. The molecule has 1 heterocycles. The summed E-state index contributed by atoms with van der Waals surface area (Å²) >= 11 is 0. The third-order valence-electron chi connectivity index (χ3n) is 3.13. The summed E-state index contributed by atoms with van der Waals surface area (Å²) < 4.78 is 0. The summed E-state index contributed by atoms with van der Waals surface area (Å²) in [5.41, 5.74) is 5.50. The van der Waals surface area contributed by atoms with Crippen molar-refractivity contribution in [2.24, 2.45) is 11.7 Å². The highest BCUT2D eigenvalue weighted by Crippen LogP contribution is 2.22. The van der Waals surface area contributed by atoms with Crippen LogP contribution in [-0.2, 0) is 4.79 Å². The number of aliphatic hydroxyl groups excluding tert-OH is 1. The maximum atomic E-state index is 11.9. The molecule has 2 atom stereocenters. The average Bonchev–Trinajstić information content (AvgIpc) is 2.72. The number of nitrogens with two attached hydrogens (primary N) is 1. The maximum Gasteiger partial charge on any atom is 0.226 e. The van der Waals surface area contributed by atoms with Crippen LogP contribution in [0.15, 0.2) is 0 Å². The zero-order valence-corrected chi connectivity index (χ0v) is 9.48. The first kappa shape index (κ1) is 12.5. The molecule has 15 heavy (non-hydrogen) atoms. The maximum absolute atomic E-state index is 11.9. The van der Waals surface area contributed by atoms with Gasteiger partial charge < -0.3 is 15.7 Å². The first-order valence-corrected chi connectivity index (χ1v) is 5.82. The van der Waals surface area contributed by atoms with Crippen molar-refractivity contribution in [2.45, 2.75) is 38.6 Å². The second-order valence-corrected chi connectivity index (χ2v) is 4.33. The summed E-state index contributed by atoms with van der Waals surface area (Å²) in [5, 5.41) is 8.78. The molecular formula is C11H22N2O2. The van der Waals surface area contributed by atoms with E-state index in [0.29, 0.717) is 12.6 Å². The molecule has 0 bridgehead atoms. The topological polar surface area (TPSA) is 66.6 Å². The third-order valence-corrected chi connectivity index (χ3v) is 3.13. The van der Waals surface area contributed by atoms with Crippen LogP contribution in [0, 0.1) is 5.92 Å². The van der Waals surface area contributed by atoms with Crippen LogP contribution in [0.25, 0.3) is 0 Å². The van der Waals surface area contributed by atoms with Crippen LogP contribution in [0.2, 0.25) is 0 Å². The van der Waals surface area contributed by atoms with Crippen LogP contribution in [0.5, 0.6) is 0 Å². The molecule has 1 aliphatic heterocycles. The van der Waals surface area contributed by atoms with Crippen molar-refractivity contribution in [3.05, 3.63) is 0 Å². The van der Waals surface area contributed by atoms with E-state index >= 15 is 0 Å². The number of rotatable bonds is 5. The molecule has 3 N–H and O–H groups in total. The van der Waals surface area contributed by atoms with Crippen LogP contribution in [0.4, 0.5) is 0 Å². The van der Waals surface area contributed by atoms with Crippen LogP contribution in [0.3, 0.4) is 0 Å². The zero-order chi connectivity index (χ0) is 11.3. The van der Waals surface area contributed by atoms with Crippen LogP contribution >= 0.6 is 0 Å². The average molecular weight is 214 g/mol. The van der Waals surface area contributed by atoms with E-state index in [9.17, 15) is 4.79 Å². The van der Waals surface area contributed by atoms with E-state index < -0.39 is 0 Å². The molecule has 1 fully saturated rings. The molecule has 0 saturated carbocycles. The summed E-state index contributed by atoms with van der Waals surface area (Å²) in [6.07, 6.45) is 3.85. The number of nitrogens with zero attached hydrogens (tertiary/aromatic N) is 1. The van der Waals surface area contributed by atoms with Gasteiger partial charge in [-0.15, -0.1) is 0 Å². The van der Waals surface area contributed by atoms with Crippen molar-refractivity contribution in [2.75, 3.05) is 19.7 Å². The molecule has 2 unspecified atom stereocenters. The summed E-state index contributed by atoms with van der Waals surface area (Å²) in [7, 11) is 0. The Morgan fingerprint density at radius 3 is 3.00 bits per heavy atom. The van der Waals surface area contributed by atoms with Gasteiger partial charge in [0.1, 0.15) is 0 Å². The Labute approximate surface area is 91.4 Å². The van der Waals surface area contributed by atoms with Crippen molar-refractivity contribution in [3.8, 4) is 0 Å². The summed E-state index contributed by atoms with van der Waals surface area (Å²) in [4.78, 5) is 13.9. The van der Waals surface area contributed by atoms with E-state index in [1.54, 1.807) is 0 Å². The monoisotopic (exact) mass is 214 g/mol. The molecule has 4 heteroatoms. The minimum absolute atomic E-state index is 0.0697. The van der Waals surface area contributed by atoms with Crippen LogP contribution < -0.4 is 5.73 Å². The standard InChI is InChI=1S/C11H22N2O2/c1-9(8-12)11(15)13-6-2-4-10(13)5-3-7-14/h9-10,14H,2-8,12H2,1H3. The van der Waals surface area contributed by atoms with Gasteiger partial charge in [-0.05, 0) is 25.7 Å². The largest absolute Gasteiger partial charge is 0.396 e. The Hall–Kier alpha value is -0.610. The Morgan fingerprint density at radius 1 is 1.67 bits per heavy atom. The molecule has 0 aromatic carbocycles. The van der Waals surface area contributed by atoms with Gasteiger partial charge in [0, 0.05) is 31.7 Å². The fourth-order valence-electron chi connectivity index (χ4n) is 2.14. The van der Waals surface area contributed by atoms with Crippen LogP contribution in [-0.4, -0.2) is 41.7 Å². The Balaban J connectivity index is 2.48. The van der Waals surface area contributed by atoms with Crippen molar-refractivity contribution in [3.63, 3.8) is 0 Å². The van der Waals surface area contributed by atoms with Gasteiger partial charge in [0.05, 0.1) is 0 Å². The summed E-state index contributed by atoms with van der Waals surface area (Å²) in [6.45, 7) is 3.37. The number of aliphatic hydroxyl groups is 1. The number of carbonyl (C=O) groups is 1. The quantitative estimate of drug-likeness (QED) is 0.693. The van der Waals surface area contributed by atoms with Gasteiger partial charge in [0.2, 0.25) is 5.91 Å². The van der Waals surface area contributed by atoms with E-state index in [-0.39, 0.29) is 18.4 Å². The summed E-state index contributed by atoms with van der Waals surface area (Å²) in [5.74, 6) is 0.109. The Morgan fingerprint density at radius 2 is 2.40 bits per heavy atom. The Bertz CT molecular complexity index is 209. The predicted molar refractivity (Wildman–Crippen MR) is 59.3 cm³/mol. The SMILES string of the molecule is CC(CN)C(=O)N1CCCC1CCCO. The molecule has 1 amide bonds. The lowest BCUT2D eigenvalue weighted by Gasteiger charge is -2.27. The van der Waals surface area contributed by atoms with E-state index in [1.807, 2.05) is 11.8 Å². The molecule has 0 spiro atoms. The fraction of sp³-hybridized carbons (Fsp3) is 0.909. The number of carbonyl (C=O) groups excluding carboxylic acids is 1. The number of hydrogen-bond donors (Lipinski definition) is 2. The van der Waals surface area contributed by atoms with E-state index in [2.05, 4.69) is 0 Å². The van der Waals surface area contributed by atoms with Gasteiger partial charge in [-0.25, -0.2) is 0 Å². The third kappa shape index (κ3) is 3.18. The molecule has 0 aromatic rings. The van der Waals surface area contributed by atoms with Gasteiger partial charge in [-0.2, -0.15) is 0 Å². The highest BCUT2D eigenvalue weighted by molar-refractivity contribution is 5.79. The van der Waals surface area contributed by atoms with Gasteiger partial charge in [0.15, 0.2) is 0 Å². The van der Waals surface area contributed by atoms with E-state index in [1.165, 1.54) is 0 Å². The minimum Gasteiger partial charge on any atom is -0.396 e. The van der Waals surface area contributed by atoms with Gasteiger partial charge in [-0.3, -0.25) is 4.79 Å². The number of amides is 1. The molecule has 1 saturated heterocycles. The lowest BCUT2D eigenvalue weighted by atomic mass is 10.1. The van der Waals surface area contributed by atoms with Crippen molar-refractivity contribution in [1.82, 2.24) is 4.90 Å². The van der Waals surface area contributed by atoms with E-state index in [4.69, 9.17) is 10.8 Å². The van der Waals surface area contributed by atoms with Crippen molar-refractivity contribution in [1.29, 1.82) is 0 Å². The molecule has 0 radical (unpaired) electrons. The second kappa shape index (κ2) is 6.08. The lowest BCUT2D eigenvalue weighted by Crippen LogP contribution is -2.41. The normalized spacial score (nSPS) is 23.1. The van der Waals surface area contributed by atoms with E-state index in [0.717, 1.165) is 32.2 Å². The minimum atomic E-state index is -0.0697. The van der Waals surface area contributed by atoms with Gasteiger partial charge >= 0.3 is 0 Å². The molecular weight excluding hydrogens is 192 g/mol. The molecule has 4 nitrogen and oxygen atoms in total. The Kier molecular flexibility index (Phi) is 5.05. The molecule has 1 aliphatic rings. The number of likely N-dealkylation sites (tertiary alicyclic amines) is 1. The molecule has 1 rings (SSSR count). The predicted octanol–water partition coefficient (Wildman–Crippen LogP) is 0.345. The summed E-state index contributed by atoms with van der Waals surface area (Å²) in [6, 6.07) is 0.332. The van der Waals surface area contributed by atoms with Crippen molar-refractivity contribution < 1.29 is 9.90 Å². The fourth-order valence-corrected chi connectivity index (χ4v) is 2.14. The van der Waals surface area contributed by atoms with Gasteiger partial charge in [-0.1, -0.05) is 6.92 Å². The molecule has 0 aromatic heterocycles. The highest BCUT2D eigenvalue weighted by atomic mass is 16.3. The smallest absolute Gasteiger partial charge is 0.226 e. The zero-order valence-electron chi connectivity index (χ0n) is 9.48. The van der Waals surface area contributed by atoms with Gasteiger partial charge in [0.25, 0.3) is 0 Å². The second-order valence-electron chi connectivity index (χ2n) is 4.33. The molecule has 88 valence electrons. The first-order valence-electron chi connectivity index (χ1n) is 5.82. The number of hydrogen-bond acceptors (Lipinski definition) is 3. The van der Waals surface area contributed by atoms with Crippen molar-refractivity contribution >= 4 is 5.91 Å².